The average molecular weight is 407 g/mol. The molecule has 0 N–H and O–H groups in total. The molecule has 2 aromatic rings. The van der Waals surface area contributed by atoms with Crippen LogP contribution in [0.2, 0.25) is 10.0 Å². The molecule has 1 aliphatic rings. The third kappa shape index (κ3) is 4.62. The molecule has 1 aliphatic heterocycles. The number of esters is 1. The van der Waals surface area contributed by atoms with E-state index in [4.69, 9.17) is 37.4 Å². The summed E-state index contributed by atoms with van der Waals surface area (Å²) < 4.78 is 16.0. The molecule has 5 nitrogen and oxygen atoms in total. The first kappa shape index (κ1) is 19.3. The van der Waals surface area contributed by atoms with Gasteiger partial charge in [-0.3, -0.25) is 4.79 Å². The van der Waals surface area contributed by atoms with Gasteiger partial charge in [0.2, 0.25) is 5.78 Å². The summed E-state index contributed by atoms with van der Waals surface area (Å²) in [5.74, 6) is 0.211. The van der Waals surface area contributed by atoms with Gasteiger partial charge in [0.05, 0.1) is 21.7 Å². The van der Waals surface area contributed by atoms with Crippen LogP contribution in [-0.4, -0.2) is 24.5 Å². The molecule has 0 amide bonds. The van der Waals surface area contributed by atoms with Crippen LogP contribution in [0.15, 0.2) is 42.2 Å². The van der Waals surface area contributed by atoms with Crippen molar-refractivity contribution in [2.45, 2.75) is 20.0 Å². The van der Waals surface area contributed by atoms with E-state index in [-0.39, 0.29) is 24.3 Å². The second-order valence-electron chi connectivity index (χ2n) is 6.10. The second-order valence-corrected chi connectivity index (χ2v) is 6.91. The molecule has 0 fully saturated rings. The van der Waals surface area contributed by atoms with E-state index >= 15 is 0 Å². The van der Waals surface area contributed by atoms with Crippen molar-refractivity contribution in [2.24, 2.45) is 0 Å². The van der Waals surface area contributed by atoms with E-state index in [9.17, 15) is 9.59 Å². The SMILES string of the molecule is CC(C)OC(=O)COc1ccc2c(c1)O/C(=C\c1ccc(Cl)c(Cl)c1)C2=O. The molecule has 0 spiro atoms. The van der Waals surface area contributed by atoms with E-state index in [1.807, 2.05) is 0 Å². The lowest BCUT2D eigenvalue weighted by Crippen LogP contribution is -2.18. The van der Waals surface area contributed by atoms with Gasteiger partial charge in [-0.25, -0.2) is 4.79 Å². The van der Waals surface area contributed by atoms with Crippen molar-refractivity contribution in [3.63, 3.8) is 0 Å². The van der Waals surface area contributed by atoms with Gasteiger partial charge in [-0.15, -0.1) is 0 Å². The molecular formula is C20H16Cl2O5. The minimum atomic E-state index is -0.470. The van der Waals surface area contributed by atoms with Crippen molar-refractivity contribution in [3.8, 4) is 11.5 Å². The zero-order valence-corrected chi connectivity index (χ0v) is 16.1. The summed E-state index contributed by atoms with van der Waals surface area (Å²) in [6.45, 7) is 3.29. The summed E-state index contributed by atoms with van der Waals surface area (Å²) in [5, 5.41) is 0.816. The maximum Gasteiger partial charge on any atom is 0.344 e. The van der Waals surface area contributed by atoms with Crippen LogP contribution in [0.1, 0.15) is 29.8 Å². The van der Waals surface area contributed by atoms with E-state index in [0.717, 1.165) is 0 Å². The smallest absolute Gasteiger partial charge is 0.344 e. The number of carbonyl (C=O) groups excluding carboxylic acids is 2. The van der Waals surface area contributed by atoms with Crippen LogP contribution in [-0.2, 0) is 9.53 Å². The number of hydrogen-bond acceptors (Lipinski definition) is 5. The first-order chi connectivity index (χ1) is 12.8. The maximum absolute atomic E-state index is 12.5. The number of halogens is 2. The van der Waals surface area contributed by atoms with E-state index in [1.165, 1.54) is 0 Å². The van der Waals surface area contributed by atoms with E-state index in [1.54, 1.807) is 56.3 Å². The molecule has 7 heteroatoms. The highest BCUT2D eigenvalue weighted by atomic mass is 35.5. The highest BCUT2D eigenvalue weighted by Crippen LogP contribution is 2.35. The molecule has 27 heavy (non-hydrogen) atoms. The number of fused-ring (bicyclic) bond motifs is 1. The Kier molecular flexibility index (Phi) is 5.73. The lowest BCUT2D eigenvalue weighted by Gasteiger charge is -2.09. The third-order valence-corrected chi connectivity index (χ3v) is 4.35. The maximum atomic E-state index is 12.5. The second kappa shape index (κ2) is 8.03. The van der Waals surface area contributed by atoms with Crippen molar-refractivity contribution < 1.29 is 23.8 Å². The van der Waals surface area contributed by atoms with Crippen LogP contribution in [0.3, 0.4) is 0 Å². The minimum Gasteiger partial charge on any atom is -0.482 e. The Balaban J connectivity index is 1.74. The summed E-state index contributed by atoms with van der Waals surface area (Å²) in [5.41, 5.74) is 1.10. The monoisotopic (exact) mass is 406 g/mol. The number of carbonyl (C=O) groups is 2. The molecule has 2 aromatic carbocycles. The average Bonchev–Trinajstić information content (AvgIpc) is 2.91. The predicted molar refractivity (Wildman–Crippen MR) is 103 cm³/mol. The topological polar surface area (TPSA) is 61.8 Å². The molecule has 0 aromatic heterocycles. The molecule has 0 saturated heterocycles. The van der Waals surface area contributed by atoms with Crippen molar-refractivity contribution >= 4 is 41.0 Å². The molecule has 0 radical (unpaired) electrons. The predicted octanol–water partition coefficient (Wildman–Crippen LogP) is 4.94. The number of ether oxygens (including phenoxy) is 3. The first-order valence-electron chi connectivity index (χ1n) is 8.19. The molecule has 0 saturated carbocycles. The number of allylic oxidation sites excluding steroid dienone is 1. The van der Waals surface area contributed by atoms with Gasteiger partial charge in [0.1, 0.15) is 11.5 Å². The number of ketones is 1. The molecular weight excluding hydrogens is 391 g/mol. The van der Waals surface area contributed by atoms with Gasteiger partial charge in [-0.2, -0.15) is 0 Å². The normalized spacial score (nSPS) is 14.3. The highest BCUT2D eigenvalue weighted by Gasteiger charge is 2.28. The highest BCUT2D eigenvalue weighted by molar-refractivity contribution is 6.42. The molecule has 3 rings (SSSR count). The fourth-order valence-electron chi connectivity index (χ4n) is 2.45. The molecule has 0 aliphatic carbocycles. The Morgan fingerprint density at radius 3 is 2.63 bits per heavy atom. The van der Waals surface area contributed by atoms with E-state index < -0.39 is 5.97 Å². The number of Topliss-reactive ketones (excluding diaryl/α,β-unsaturated/α-hetero) is 1. The quantitative estimate of drug-likeness (QED) is 0.519. The first-order valence-corrected chi connectivity index (χ1v) is 8.94. The lowest BCUT2D eigenvalue weighted by molar-refractivity contribution is -0.149. The summed E-state index contributed by atoms with van der Waals surface area (Å²) in [7, 11) is 0. The minimum absolute atomic E-state index is 0.166. The van der Waals surface area contributed by atoms with Crippen molar-refractivity contribution in [1.29, 1.82) is 0 Å². The van der Waals surface area contributed by atoms with Crippen molar-refractivity contribution in [2.75, 3.05) is 6.61 Å². The van der Waals surface area contributed by atoms with Gasteiger partial charge < -0.3 is 14.2 Å². The van der Waals surface area contributed by atoms with Gasteiger partial charge in [0.25, 0.3) is 0 Å². The number of rotatable bonds is 5. The van der Waals surface area contributed by atoms with Gasteiger partial charge >= 0.3 is 5.97 Å². The van der Waals surface area contributed by atoms with E-state index in [0.29, 0.717) is 32.7 Å². The molecule has 140 valence electrons. The molecule has 0 unspecified atom stereocenters. The van der Waals surface area contributed by atoms with Crippen molar-refractivity contribution in [3.05, 3.63) is 63.3 Å². The molecule has 1 heterocycles. The van der Waals surface area contributed by atoms with E-state index in [2.05, 4.69) is 0 Å². The standard InChI is InChI=1S/C20H16Cl2O5/c1-11(2)26-19(23)10-25-13-4-5-14-17(9-13)27-18(20(14)24)8-12-3-6-15(21)16(22)7-12/h3-9,11H,10H2,1-2H3/b18-8-. The lowest BCUT2D eigenvalue weighted by atomic mass is 10.1. The zero-order chi connectivity index (χ0) is 19.6. The summed E-state index contributed by atoms with van der Waals surface area (Å²) in [6, 6.07) is 9.78. The largest absolute Gasteiger partial charge is 0.482 e. The van der Waals surface area contributed by atoms with Crippen LogP contribution >= 0.6 is 23.2 Å². The fraction of sp³-hybridized carbons (Fsp3) is 0.200. The van der Waals surface area contributed by atoms with Crippen LogP contribution in [0, 0.1) is 0 Å². The summed E-state index contributed by atoms with van der Waals surface area (Å²) in [6.07, 6.45) is 1.38. The van der Waals surface area contributed by atoms with Gasteiger partial charge in [0.15, 0.2) is 12.4 Å². The van der Waals surface area contributed by atoms with Gasteiger partial charge in [-0.1, -0.05) is 29.3 Å². The fourth-order valence-corrected chi connectivity index (χ4v) is 2.76. The Hall–Kier alpha value is -2.50. The Labute approximate surface area is 166 Å². The van der Waals surface area contributed by atoms with Crippen LogP contribution in [0.4, 0.5) is 0 Å². The molecule has 0 atom stereocenters. The van der Waals surface area contributed by atoms with Crippen LogP contribution < -0.4 is 9.47 Å². The third-order valence-electron chi connectivity index (χ3n) is 3.61. The van der Waals surface area contributed by atoms with Crippen LogP contribution in [0.25, 0.3) is 6.08 Å². The van der Waals surface area contributed by atoms with Crippen molar-refractivity contribution in [1.82, 2.24) is 0 Å². The Morgan fingerprint density at radius 2 is 1.93 bits per heavy atom. The van der Waals surface area contributed by atoms with Gasteiger partial charge in [-0.05, 0) is 49.8 Å². The van der Waals surface area contributed by atoms with Crippen LogP contribution in [0.5, 0.6) is 11.5 Å². The summed E-state index contributed by atoms with van der Waals surface area (Å²) in [4.78, 5) is 24.0. The number of hydrogen-bond donors (Lipinski definition) is 0. The number of benzene rings is 2. The zero-order valence-electron chi connectivity index (χ0n) is 14.6. The summed E-state index contributed by atoms with van der Waals surface area (Å²) >= 11 is 11.9. The molecule has 0 bridgehead atoms. The Bertz CT molecular complexity index is 934. The Morgan fingerprint density at radius 1 is 1.15 bits per heavy atom. The van der Waals surface area contributed by atoms with Gasteiger partial charge in [0, 0.05) is 6.07 Å².